The molecule has 18 heavy (non-hydrogen) atoms. The standard InChI is InChI=1S/C12H15Cl2NO2S/c1-7-4-10(13)9(12(14)15-7)6-18-8(2)5-11(16)17-3/h4,8H,5-6H2,1-3H3. The quantitative estimate of drug-likeness (QED) is 0.611. The number of ether oxygens (including phenoxy) is 1. The summed E-state index contributed by atoms with van der Waals surface area (Å²) in [5.41, 5.74) is 1.60. The van der Waals surface area contributed by atoms with Gasteiger partial charge in [0.2, 0.25) is 0 Å². The molecule has 0 saturated carbocycles. The lowest BCUT2D eigenvalue weighted by atomic mass is 10.3. The van der Waals surface area contributed by atoms with Crippen molar-refractivity contribution in [2.45, 2.75) is 31.3 Å². The number of carbonyl (C=O) groups is 1. The first kappa shape index (κ1) is 15.6. The summed E-state index contributed by atoms with van der Waals surface area (Å²) in [4.78, 5) is 15.3. The Balaban J connectivity index is 2.61. The summed E-state index contributed by atoms with van der Waals surface area (Å²) in [6, 6.07) is 1.79. The number of carbonyl (C=O) groups excluding carboxylic acids is 1. The van der Waals surface area contributed by atoms with Crippen LogP contribution in [0.4, 0.5) is 0 Å². The van der Waals surface area contributed by atoms with E-state index in [2.05, 4.69) is 9.72 Å². The van der Waals surface area contributed by atoms with Crippen molar-refractivity contribution in [3.05, 3.63) is 27.5 Å². The van der Waals surface area contributed by atoms with Crippen LogP contribution in [0.2, 0.25) is 10.2 Å². The number of hydrogen-bond donors (Lipinski definition) is 0. The highest BCUT2D eigenvalue weighted by atomic mass is 35.5. The summed E-state index contributed by atoms with van der Waals surface area (Å²) in [5.74, 6) is 0.414. The van der Waals surface area contributed by atoms with Crippen LogP contribution in [0.1, 0.15) is 24.6 Å². The molecule has 0 saturated heterocycles. The van der Waals surface area contributed by atoms with Crippen LogP contribution in [0.5, 0.6) is 0 Å². The minimum absolute atomic E-state index is 0.144. The molecule has 0 amide bonds. The van der Waals surface area contributed by atoms with Crippen molar-refractivity contribution >= 4 is 40.9 Å². The molecule has 0 aromatic carbocycles. The third-order valence-electron chi connectivity index (χ3n) is 2.34. The number of thioether (sulfide) groups is 1. The molecule has 3 nitrogen and oxygen atoms in total. The summed E-state index contributed by atoms with van der Waals surface area (Å²) in [6.07, 6.45) is 0.371. The molecule has 0 spiro atoms. The molecule has 1 heterocycles. The highest BCUT2D eigenvalue weighted by molar-refractivity contribution is 7.99. The third kappa shape index (κ3) is 4.67. The number of pyridine rings is 1. The molecule has 0 bridgehead atoms. The maximum absolute atomic E-state index is 11.1. The van der Waals surface area contributed by atoms with E-state index in [1.54, 1.807) is 17.8 Å². The van der Waals surface area contributed by atoms with Crippen molar-refractivity contribution in [3.63, 3.8) is 0 Å². The van der Waals surface area contributed by atoms with Crippen LogP contribution in [0.15, 0.2) is 6.07 Å². The maximum Gasteiger partial charge on any atom is 0.306 e. The van der Waals surface area contributed by atoms with Crippen LogP contribution in [-0.4, -0.2) is 23.3 Å². The van der Waals surface area contributed by atoms with E-state index < -0.39 is 0 Å². The molecule has 1 rings (SSSR count). The molecular formula is C12H15Cl2NO2S. The van der Waals surface area contributed by atoms with Gasteiger partial charge in [0.25, 0.3) is 0 Å². The van der Waals surface area contributed by atoms with Crippen LogP contribution in [0.25, 0.3) is 0 Å². The fraction of sp³-hybridized carbons (Fsp3) is 0.500. The number of halogens is 2. The molecule has 0 fully saturated rings. The molecule has 1 aromatic heterocycles. The molecule has 0 aliphatic carbocycles. The Labute approximate surface area is 121 Å². The van der Waals surface area contributed by atoms with E-state index >= 15 is 0 Å². The van der Waals surface area contributed by atoms with Gasteiger partial charge in [-0.05, 0) is 13.0 Å². The lowest BCUT2D eigenvalue weighted by molar-refractivity contribution is -0.140. The molecule has 100 valence electrons. The van der Waals surface area contributed by atoms with Gasteiger partial charge in [-0.3, -0.25) is 4.79 Å². The summed E-state index contributed by atoms with van der Waals surface area (Å²) in [7, 11) is 1.39. The number of methoxy groups -OCH3 is 1. The van der Waals surface area contributed by atoms with Crippen LogP contribution >= 0.6 is 35.0 Å². The topological polar surface area (TPSA) is 39.2 Å². The van der Waals surface area contributed by atoms with Crippen molar-refractivity contribution in [2.24, 2.45) is 0 Å². The lowest BCUT2D eigenvalue weighted by Crippen LogP contribution is -2.09. The van der Waals surface area contributed by atoms with Crippen molar-refractivity contribution in [3.8, 4) is 0 Å². The smallest absolute Gasteiger partial charge is 0.306 e. The van der Waals surface area contributed by atoms with Gasteiger partial charge in [-0.15, -0.1) is 0 Å². The minimum atomic E-state index is -0.214. The zero-order valence-electron chi connectivity index (χ0n) is 10.5. The average molecular weight is 308 g/mol. The van der Waals surface area contributed by atoms with Gasteiger partial charge in [0.1, 0.15) is 5.15 Å². The van der Waals surface area contributed by atoms with Crippen molar-refractivity contribution < 1.29 is 9.53 Å². The second-order valence-corrected chi connectivity index (χ2v) is 6.11. The highest BCUT2D eigenvalue weighted by Gasteiger charge is 2.13. The Morgan fingerprint density at radius 3 is 2.78 bits per heavy atom. The number of aromatic nitrogens is 1. The Kier molecular flexibility index (Phi) is 6.26. The minimum Gasteiger partial charge on any atom is -0.469 e. The second-order valence-electron chi connectivity index (χ2n) is 3.92. The van der Waals surface area contributed by atoms with Gasteiger partial charge >= 0.3 is 5.97 Å². The molecule has 0 radical (unpaired) electrons. The highest BCUT2D eigenvalue weighted by Crippen LogP contribution is 2.30. The van der Waals surface area contributed by atoms with Crippen molar-refractivity contribution in [1.29, 1.82) is 0 Å². The van der Waals surface area contributed by atoms with Crippen LogP contribution in [0.3, 0.4) is 0 Å². The van der Waals surface area contributed by atoms with E-state index in [9.17, 15) is 4.79 Å². The monoisotopic (exact) mass is 307 g/mol. The SMILES string of the molecule is COC(=O)CC(C)SCc1c(Cl)cc(C)nc1Cl. The van der Waals surface area contributed by atoms with Crippen molar-refractivity contribution in [2.75, 3.05) is 7.11 Å². The Morgan fingerprint density at radius 1 is 1.56 bits per heavy atom. The largest absolute Gasteiger partial charge is 0.469 e. The predicted molar refractivity (Wildman–Crippen MR) is 76.4 cm³/mol. The summed E-state index contributed by atoms with van der Waals surface area (Å²) < 4.78 is 4.62. The number of aryl methyl sites for hydroxylation is 1. The maximum atomic E-state index is 11.1. The first-order valence-corrected chi connectivity index (χ1v) is 7.24. The van der Waals surface area contributed by atoms with E-state index in [0.29, 0.717) is 22.3 Å². The lowest BCUT2D eigenvalue weighted by Gasteiger charge is -2.11. The number of rotatable bonds is 5. The Morgan fingerprint density at radius 2 is 2.22 bits per heavy atom. The van der Waals surface area contributed by atoms with E-state index in [1.165, 1.54) is 7.11 Å². The normalized spacial score (nSPS) is 12.3. The fourth-order valence-corrected chi connectivity index (χ4v) is 3.18. The van der Waals surface area contributed by atoms with Gasteiger partial charge in [0.15, 0.2) is 0 Å². The van der Waals surface area contributed by atoms with Gasteiger partial charge in [-0.1, -0.05) is 30.1 Å². The van der Waals surface area contributed by atoms with Crippen LogP contribution in [-0.2, 0) is 15.3 Å². The average Bonchev–Trinajstić information content (AvgIpc) is 2.27. The molecule has 0 N–H and O–H groups in total. The predicted octanol–water partition coefficient (Wildman–Crippen LogP) is 3.88. The first-order chi connectivity index (χ1) is 8.43. The van der Waals surface area contributed by atoms with Gasteiger partial charge < -0.3 is 4.74 Å². The van der Waals surface area contributed by atoms with E-state index in [-0.39, 0.29) is 11.2 Å². The summed E-state index contributed by atoms with van der Waals surface area (Å²) in [5, 5.41) is 1.19. The van der Waals surface area contributed by atoms with Gasteiger partial charge in [-0.2, -0.15) is 11.8 Å². The summed E-state index contributed by atoms with van der Waals surface area (Å²) in [6.45, 7) is 3.81. The Bertz CT molecular complexity index is 417. The molecule has 1 unspecified atom stereocenters. The van der Waals surface area contributed by atoms with Crippen LogP contribution < -0.4 is 0 Å². The first-order valence-electron chi connectivity index (χ1n) is 5.44. The third-order valence-corrected chi connectivity index (χ3v) is 4.18. The van der Waals surface area contributed by atoms with Gasteiger partial charge in [0, 0.05) is 27.3 Å². The zero-order chi connectivity index (χ0) is 13.7. The van der Waals surface area contributed by atoms with Gasteiger partial charge in [-0.25, -0.2) is 4.98 Å². The Hall–Kier alpha value is -0.450. The van der Waals surface area contributed by atoms with E-state index in [1.807, 2.05) is 13.8 Å². The molecule has 6 heteroatoms. The number of hydrogen-bond acceptors (Lipinski definition) is 4. The van der Waals surface area contributed by atoms with E-state index in [4.69, 9.17) is 23.2 Å². The molecule has 1 aromatic rings. The number of esters is 1. The zero-order valence-corrected chi connectivity index (χ0v) is 12.8. The fourth-order valence-electron chi connectivity index (χ4n) is 1.35. The molecule has 0 aliphatic rings. The van der Waals surface area contributed by atoms with E-state index in [0.717, 1.165) is 11.3 Å². The second kappa shape index (κ2) is 7.22. The van der Waals surface area contributed by atoms with Gasteiger partial charge in [0.05, 0.1) is 13.5 Å². The molecule has 0 aliphatic heterocycles. The summed E-state index contributed by atoms with van der Waals surface area (Å²) >= 11 is 13.8. The van der Waals surface area contributed by atoms with Crippen molar-refractivity contribution in [1.82, 2.24) is 4.98 Å². The van der Waals surface area contributed by atoms with Crippen LogP contribution in [0, 0.1) is 6.92 Å². The number of nitrogens with zero attached hydrogens (tertiary/aromatic N) is 1. The molecule has 1 atom stereocenters. The molecular weight excluding hydrogens is 293 g/mol.